The smallest absolute Gasteiger partial charge is 0.330 e. The average Bonchev–Trinajstić information content (AvgIpc) is 2.99. The number of H-pyrrole nitrogens is 1. The van der Waals surface area contributed by atoms with Gasteiger partial charge in [0.1, 0.15) is 5.56 Å². The summed E-state index contributed by atoms with van der Waals surface area (Å²) in [6, 6.07) is 8.93. The van der Waals surface area contributed by atoms with Crippen LogP contribution in [0.3, 0.4) is 0 Å². The minimum atomic E-state index is -0.730. The fraction of sp³-hybridized carbons (Fsp3) is 0.250. The summed E-state index contributed by atoms with van der Waals surface area (Å²) in [6.07, 6.45) is 0.262. The summed E-state index contributed by atoms with van der Waals surface area (Å²) in [7, 11) is 1.34. The lowest BCUT2D eigenvalue weighted by Gasteiger charge is -2.20. The number of aromatic hydroxyl groups is 1. The van der Waals surface area contributed by atoms with Gasteiger partial charge >= 0.3 is 5.69 Å². The van der Waals surface area contributed by atoms with E-state index in [0.717, 1.165) is 10.1 Å². The predicted molar refractivity (Wildman–Crippen MR) is 86.8 cm³/mol. The van der Waals surface area contributed by atoms with Crippen LogP contribution < -0.4 is 11.2 Å². The van der Waals surface area contributed by atoms with Gasteiger partial charge in [-0.2, -0.15) is 5.10 Å². The van der Waals surface area contributed by atoms with Gasteiger partial charge in [0.05, 0.1) is 11.8 Å². The number of hydrazone groups is 1. The molecule has 2 N–H and O–H groups in total. The van der Waals surface area contributed by atoms with Crippen LogP contribution in [-0.4, -0.2) is 31.3 Å². The molecule has 0 radical (unpaired) electrons. The maximum absolute atomic E-state index is 12.1. The number of carbonyl (C=O) groups is 1. The molecule has 1 aliphatic heterocycles. The molecule has 0 fully saturated rings. The first-order valence-electron chi connectivity index (χ1n) is 7.35. The molecule has 1 aromatic heterocycles. The Bertz CT molecular complexity index is 943. The van der Waals surface area contributed by atoms with E-state index in [2.05, 4.69) is 10.1 Å². The molecule has 0 spiro atoms. The Balaban J connectivity index is 2.10. The van der Waals surface area contributed by atoms with Crippen LogP contribution >= 0.6 is 0 Å². The Morgan fingerprint density at radius 1 is 1.29 bits per heavy atom. The number of aromatic amines is 1. The zero-order valence-electron chi connectivity index (χ0n) is 13.2. The van der Waals surface area contributed by atoms with Gasteiger partial charge in [-0.1, -0.05) is 30.3 Å². The number of carbonyl (C=O) groups excluding carboxylic acids is 1. The first kappa shape index (κ1) is 15.7. The number of nitrogens with zero attached hydrogens (tertiary/aromatic N) is 3. The molecule has 1 atom stereocenters. The lowest BCUT2D eigenvalue weighted by atomic mass is 9.99. The second-order valence-corrected chi connectivity index (χ2v) is 5.56. The molecule has 8 heteroatoms. The Morgan fingerprint density at radius 2 is 1.96 bits per heavy atom. The molecule has 0 aliphatic carbocycles. The summed E-state index contributed by atoms with van der Waals surface area (Å²) in [4.78, 5) is 37.7. The molecular formula is C16H16N4O4. The Kier molecular flexibility index (Phi) is 3.80. The van der Waals surface area contributed by atoms with Crippen LogP contribution in [0, 0.1) is 0 Å². The van der Waals surface area contributed by atoms with Gasteiger partial charge in [-0.15, -0.1) is 0 Å². The molecule has 8 nitrogen and oxygen atoms in total. The lowest BCUT2D eigenvalue weighted by molar-refractivity contribution is -0.130. The molecular weight excluding hydrogens is 312 g/mol. The van der Waals surface area contributed by atoms with E-state index in [0.29, 0.717) is 0 Å². The second-order valence-electron chi connectivity index (χ2n) is 5.56. The number of rotatable bonds is 2. The molecule has 0 bridgehead atoms. The Morgan fingerprint density at radius 3 is 2.58 bits per heavy atom. The molecule has 1 aliphatic rings. The molecule has 1 aromatic carbocycles. The number of nitrogens with one attached hydrogen (secondary N) is 1. The van der Waals surface area contributed by atoms with Crippen molar-refractivity contribution in [3.05, 3.63) is 62.3 Å². The highest BCUT2D eigenvalue weighted by molar-refractivity contribution is 6.04. The van der Waals surface area contributed by atoms with Gasteiger partial charge in [-0.25, -0.2) is 9.80 Å². The first-order chi connectivity index (χ1) is 11.4. The van der Waals surface area contributed by atoms with Gasteiger partial charge in [-0.3, -0.25) is 19.1 Å². The number of benzene rings is 1. The quantitative estimate of drug-likeness (QED) is 0.835. The maximum Gasteiger partial charge on any atom is 0.330 e. The molecule has 1 amide bonds. The van der Waals surface area contributed by atoms with Crippen LogP contribution in [0.4, 0.5) is 0 Å². The molecule has 24 heavy (non-hydrogen) atoms. The van der Waals surface area contributed by atoms with Gasteiger partial charge in [0.15, 0.2) is 0 Å². The predicted octanol–water partition coefficient (Wildman–Crippen LogP) is 0.477. The molecule has 0 saturated carbocycles. The maximum atomic E-state index is 12.1. The van der Waals surface area contributed by atoms with Crippen molar-refractivity contribution in [1.82, 2.24) is 14.6 Å². The fourth-order valence-electron chi connectivity index (χ4n) is 2.76. The largest absolute Gasteiger partial charge is 0.494 e. The molecule has 0 unspecified atom stereocenters. The Labute approximate surface area is 136 Å². The summed E-state index contributed by atoms with van der Waals surface area (Å²) in [5, 5.41) is 15.7. The van der Waals surface area contributed by atoms with Crippen LogP contribution in [0.1, 0.15) is 30.5 Å². The van der Waals surface area contributed by atoms with Crippen molar-refractivity contribution in [3.8, 4) is 5.88 Å². The van der Waals surface area contributed by atoms with E-state index in [1.807, 2.05) is 30.3 Å². The SMILES string of the molecule is CC(=O)N1N=C(c2c(O)n(C)c(=O)[nH]c2=O)C[C@@H]1c1ccccc1. The number of hydrogen-bond donors (Lipinski definition) is 2. The van der Waals surface area contributed by atoms with Gasteiger partial charge in [0.25, 0.3) is 5.56 Å². The van der Waals surface area contributed by atoms with Crippen LogP contribution in [0.25, 0.3) is 0 Å². The van der Waals surface area contributed by atoms with Gasteiger partial charge < -0.3 is 5.11 Å². The summed E-state index contributed by atoms with van der Waals surface area (Å²) in [5.74, 6) is -0.751. The van der Waals surface area contributed by atoms with E-state index in [1.165, 1.54) is 19.0 Å². The van der Waals surface area contributed by atoms with Crippen molar-refractivity contribution in [2.45, 2.75) is 19.4 Å². The lowest BCUT2D eigenvalue weighted by Crippen LogP contribution is -2.32. The van der Waals surface area contributed by atoms with Crippen molar-refractivity contribution in [2.24, 2.45) is 12.1 Å². The van der Waals surface area contributed by atoms with E-state index in [4.69, 9.17) is 0 Å². The van der Waals surface area contributed by atoms with E-state index in [1.54, 1.807) is 0 Å². The highest BCUT2D eigenvalue weighted by Gasteiger charge is 2.34. The van der Waals surface area contributed by atoms with Crippen molar-refractivity contribution in [2.75, 3.05) is 0 Å². The van der Waals surface area contributed by atoms with Crippen LogP contribution in [-0.2, 0) is 11.8 Å². The summed E-state index contributed by atoms with van der Waals surface area (Å²) in [6.45, 7) is 1.38. The van der Waals surface area contributed by atoms with Gasteiger partial charge in [0, 0.05) is 20.4 Å². The zero-order valence-corrected chi connectivity index (χ0v) is 13.2. The first-order valence-corrected chi connectivity index (χ1v) is 7.35. The van der Waals surface area contributed by atoms with Crippen molar-refractivity contribution < 1.29 is 9.90 Å². The minimum absolute atomic E-state index is 0.0956. The average molecular weight is 328 g/mol. The topological polar surface area (TPSA) is 108 Å². The number of amides is 1. The van der Waals surface area contributed by atoms with E-state index in [-0.39, 0.29) is 29.6 Å². The van der Waals surface area contributed by atoms with E-state index >= 15 is 0 Å². The molecule has 2 heterocycles. The number of hydrogen-bond acceptors (Lipinski definition) is 5. The van der Waals surface area contributed by atoms with E-state index in [9.17, 15) is 19.5 Å². The third kappa shape index (κ3) is 2.51. The third-order valence-electron chi connectivity index (χ3n) is 4.00. The second kappa shape index (κ2) is 5.80. The van der Waals surface area contributed by atoms with Crippen molar-refractivity contribution in [1.29, 1.82) is 0 Å². The summed E-state index contributed by atoms with van der Waals surface area (Å²) < 4.78 is 0.924. The third-order valence-corrected chi connectivity index (χ3v) is 4.00. The zero-order chi connectivity index (χ0) is 17.4. The monoisotopic (exact) mass is 328 g/mol. The minimum Gasteiger partial charge on any atom is -0.494 e. The number of aromatic nitrogens is 2. The van der Waals surface area contributed by atoms with Gasteiger partial charge in [-0.05, 0) is 5.56 Å². The summed E-state index contributed by atoms with van der Waals surface area (Å²) >= 11 is 0. The molecule has 2 aromatic rings. The fourth-order valence-corrected chi connectivity index (χ4v) is 2.76. The molecule has 0 saturated heterocycles. The Hall–Kier alpha value is -3.16. The molecule has 3 rings (SSSR count). The van der Waals surface area contributed by atoms with Crippen LogP contribution in [0.5, 0.6) is 5.88 Å². The van der Waals surface area contributed by atoms with Gasteiger partial charge in [0.2, 0.25) is 11.8 Å². The van der Waals surface area contributed by atoms with Crippen LogP contribution in [0.15, 0.2) is 45.0 Å². The highest BCUT2D eigenvalue weighted by atomic mass is 16.3. The van der Waals surface area contributed by atoms with E-state index < -0.39 is 17.1 Å². The van der Waals surface area contributed by atoms with Crippen molar-refractivity contribution in [3.63, 3.8) is 0 Å². The van der Waals surface area contributed by atoms with Crippen LogP contribution in [0.2, 0.25) is 0 Å². The standard InChI is InChI=1S/C16H16N4O4/c1-9(21)20-12(10-6-4-3-5-7-10)8-11(18-20)13-14(22)17-16(24)19(2)15(13)23/h3-7,12,23H,8H2,1-2H3,(H,17,22,24)/t12-/m1/s1. The summed E-state index contributed by atoms with van der Waals surface area (Å²) in [5.41, 5.74) is -0.420. The van der Waals surface area contributed by atoms with Crippen molar-refractivity contribution >= 4 is 11.6 Å². The highest BCUT2D eigenvalue weighted by Crippen LogP contribution is 2.33. The molecule has 124 valence electrons. The normalized spacial score (nSPS) is 17.0.